The third kappa shape index (κ3) is 3.84. The first kappa shape index (κ1) is 14.6. The van der Waals surface area contributed by atoms with E-state index in [1.807, 2.05) is 58.0 Å². The third-order valence-electron chi connectivity index (χ3n) is 2.95. The molecule has 1 amide bonds. The first-order valence-electron chi connectivity index (χ1n) is 6.88. The number of hydrogen-bond acceptors (Lipinski definition) is 3. The van der Waals surface area contributed by atoms with Gasteiger partial charge in [-0.25, -0.2) is 0 Å². The molecule has 1 unspecified atom stereocenters. The summed E-state index contributed by atoms with van der Waals surface area (Å²) < 4.78 is 5.70. The summed E-state index contributed by atoms with van der Waals surface area (Å²) in [5, 5.41) is 7.21. The largest absolute Gasteiger partial charge is 0.460 e. The van der Waals surface area contributed by atoms with E-state index >= 15 is 0 Å². The Kier molecular flexibility index (Phi) is 4.14. The lowest BCUT2D eigenvalue weighted by Gasteiger charge is -2.23. The number of carbonyl (C=O) groups is 1. The van der Waals surface area contributed by atoms with E-state index in [-0.39, 0.29) is 17.5 Å². The van der Waals surface area contributed by atoms with Crippen LogP contribution in [0.15, 0.2) is 34.7 Å². The van der Waals surface area contributed by atoms with Crippen LogP contribution < -0.4 is 10.6 Å². The quantitative estimate of drug-likeness (QED) is 0.901. The van der Waals surface area contributed by atoms with Crippen molar-refractivity contribution in [3.8, 4) is 0 Å². The predicted octanol–water partition coefficient (Wildman–Crippen LogP) is 2.83. The van der Waals surface area contributed by atoms with Crippen LogP contribution in [0.2, 0.25) is 0 Å². The molecule has 0 saturated carbocycles. The maximum Gasteiger partial charge on any atom is 0.237 e. The van der Waals surface area contributed by atoms with Gasteiger partial charge in [0.05, 0.1) is 12.6 Å². The van der Waals surface area contributed by atoms with Gasteiger partial charge >= 0.3 is 0 Å². The van der Waals surface area contributed by atoms with Crippen LogP contribution in [-0.2, 0) is 11.3 Å². The van der Waals surface area contributed by atoms with E-state index in [2.05, 4.69) is 10.6 Å². The molecule has 1 heterocycles. The summed E-state index contributed by atoms with van der Waals surface area (Å²) in [6.07, 6.45) is 0. The van der Waals surface area contributed by atoms with Crippen molar-refractivity contribution in [3.05, 3.63) is 36.1 Å². The van der Waals surface area contributed by atoms with Crippen LogP contribution in [0.25, 0.3) is 11.0 Å². The number of hydrogen-bond donors (Lipinski definition) is 2. The molecule has 0 bridgehead atoms. The van der Waals surface area contributed by atoms with E-state index in [1.54, 1.807) is 0 Å². The van der Waals surface area contributed by atoms with E-state index < -0.39 is 0 Å². The van der Waals surface area contributed by atoms with Gasteiger partial charge in [0.2, 0.25) is 5.91 Å². The van der Waals surface area contributed by atoms with Crippen molar-refractivity contribution in [1.29, 1.82) is 0 Å². The topological polar surface area (TPSA) is 54.3 Å². The molecule has 1 aromatic heterocycles. The van der Waals surface area contributed by atoms with Crippen LogP contribution in [-0.4, -0.2) is 17.5 Å². The Bertz CT molecular complexity index is 563. The van der Waals surface area contributed by atoms with Gasteiger partial charge in [-0.05, 0) is 39.8 Å². The van der Waals surface area contributed by atoms with E-state index in [0.717, 1.165) is 16.7 Å². The van der Waals surface area contributed by atoms with Crippen LogP contribution in [0.4, 0.5) is 0 Å². The molecule has 4 nitrogen and oxygen atoms in total. The summed E-state index contributed by atoms with van der Waals surface area (Å²) in [4.78, 5) is 11.9. The van der Waals surface area contributed by atoms with Crippen molar-refractivity contribution in [1.82, 2.24) is 10.6 Å². The summed E-state index contributed by atoms with van der Waals surface area (Å²) in [5.41, 5.74) is 0.655. The van der Waals surface area contributed by atoms with Gasteiger partial charge in [-0.1, -0.05) is 18.2 Å². The van der Waals surface area contributed by atoms with Crippen molar-refractivity contribution in [3.63, 3.8) is 0 Å². The predicted molar refractivity (Wildman–Crippen MR) is 80.4 cm³/mol. The summed E-state index contributed by atoms with van der Waals surface area (Å²) in [6, 6.07) is 9.61. The summed E-state index contributed by atoms with van der Waals surface area (Å²) in [6.45, 7) is 8.29. The smallest absolute Gasteiger partial charge is 0.237 e. The van der Waals surface area contributed by atoms with Crippen LogP contribution in [0, 0.1) is 0 Å². The minimum absolute atomic E-state index is 0.00592. The molecule has 0 fully saturated rings. The second-order valence-electron chi connectivity index (χ2n) is 6.09. The minimum atomic E-state index is -0.262. The fourth-order valence-electron chi connectivity index (χ4n) is 1.95. The number of carbonyl (C=O) groups excluding carboxylic acids is 1. The molecular formula is C16H22N2O2. The highest BCUT2D eigenvalue weighted by Gasteiger charge is 2.19. The minimum Gasteiger partial charge on any atom is -0.460 e. The number of nitrogens with one attached hydrogen (secondary N) is 2. The van der Waals surface area contributed by atoms with E-state index in [9.17, 15) is 4.79 Å². The molecule has 0 radical (unpaired) electrons. The number of benzene rings is 1. The van der Waals surface area contributed by atoms with E-state index in [0.29, 0.717) is 6.54 Å². The molecule has 20 heavy (non-hydrogen) atoms. The molecule has 0 aliphatic rings. The number of amides is 1. The van der Waals surface area contributed by atoms with Gasteiger partial charge in [0, 0.05) is 10.9 Å². The number of para-hydroxylation sites is 1. The molecule has 0 saturated heterocycles. The zero-order chi connectivity index (χ0) is 14.8. The molecule has 0 aliphatic heterocycles. The monoisotopic (exact) mass is 274 g/mol. The van der Waals surface area contributed by atoms with Crippen molar-refractivity contribution in [2.24, 2.45) is 0 Å². The number of rotatable bonds is 4. The lowest BCUT2D eigenvalue weighted by molar-refractivity contribution is -0.124. The SMILES string of the molecule is CC(NCc1cc2ccccc2o1)C(=O)NC(C)(C)C. The molecule has 1 aromatic carbocycles. The van der Waals surface area contributed by atoms with Crippen molar-refractivity contribution in [2.75, 3.05) is 0 Å². The number of fused-ring (bicyclic) bond motifs is 1. The highest BCUT2D eigenvalue weighted by molar-refractivity contribution is 5.82. The van der Waals surface area contributed by atoms with Crippen LogP contribution in [0.3, 0.4) is 0 Å². The van der Waals surface area contributed by atoms with Crippen molar-refractivity contribution >= 4 is 16.9 Å². The fraction of sp³-hybridized carbons (Fsp3) is 0.438. The Balaban J connectivity index is 1.93. The molecule has 0 aliphatic carbocycles. The Morgan fingerprint density at radius 3 is 2.65 bits per heavy atom. The molecular weight excluding hydrogens is 252 g/mol. The highest BCUT2D eigenvalue weighted by atomic mass is 16.3. The summed E-state index contributed by atoms with van der Waals surface area (Å²) in [7, 11) is 0. The second kappa shape index (κ2) is 5.67. The molecule has 2 rings (SSSR count). The van der Waals surface area contributed by atoms with Gasteiger partial charge in [-0.15, -0.1) is 0 Å². The van der Waals surface area contributed by atoms with E-state index in [1.165, 1.54) is 0 Å². The maximum absolute atomic E-state index is 11.9. The summed E-state index contributed by atoms with van der Waals surface area (Å²) >= 11 is 0. The van der Waals surface area contributed by atoms with Gasteiger partial charge in [0.15, 0.2) is 0 Å². The highest BCUT2D eigenvalue weighted by Crippen LogP contribution is 2.18. The summed E-state index contributed by atoms with van der Waals surface area (Å²) in [5.74, 6) is 0.829. The fourth-order valence-corrected chi connectivity index (χ4v) is 1.95. The molecule has 4 heteroatoms. The van der Waals surface area contributed by atoms with Crippen molar-refractivity contribution in [2.45, 2.75) is 45.8 Å². The normalized spacial score (nSPS) is 13.4. The standard InChI is InChI=1S/C16H22N2O2/c1-11(15(19)18-16(2,3)4)17-10-13-9-12-7-5-6-8-14(12)20-13/h5-9,11,17H,10H2,1-4H3,(H,18,19). The van der Waals surface area contributed by atoms with E-state index in [4.69, 9.17) is 4.42 Å². The number of furan rings is 1. The van der Waals surface area contributed by atoms with Gasteiger partial charge in [-0.2, -0.15) is 0 Å². The van der Waals surface area contributed by atoms with Crippen molar-refractivity contribution < 1.29 is 9.21 Å². The lowest BCUT2D eigenvalue weighted by Crippen LogP contribution is -2.49. The molecule has 1 atom stereocenters. The van der Waals surface area contributed by atoms with Gasteiger partial charge in [0.25, 0.3) is 0 Å². The maximum atomic E-state index is 11.9. The van der Waals surface area contributed by atoms with Crippen LogP contribution in [0.1, 0.15) is 33.5 Å². The molecule has 2 aromatic rings. The Hall–Kier alpha value is -1.81. The van der Waals surface area contributed by atoms with Crippen LogP contribution >= 0.6 is 0 Å². The zero-order valence-electron chi connectivity index (χ0n) is 12.5. The average molecular weight is 274 g/mol. The Morgan fingerprint density at radius 1 is 1.30 bits per heavy atom. The zero-order valence-corrected chi connectivity index (χ0v) is 12.5. The first-order valence-corrected chi connectivity index (χ1v) is 6.88. The van der Waals surface area contributed by atoms with Gasteiger partial charge in [-0.3, -0.25) is 10.1 Å². The van der Waals surface area contributed by atoms with Gasteiger partial charge < -0.3 is 9.73 Å². The Labute approximate surface area is 119 Å². The Morgan fingerprint density at radius 2 is 2.00 bits per heavy atom. The first-order chi connectivity index (χ1) is 9.35. The molecule has 2 N–H and O–H groups in total. The van der Waals surface area contributed by atoms with Crippen LogP contribution in [0.5, 0.6) is 0 Å². The molecule has 0 spiro atoms. The lowest BCUT2D eigenvalue weighted by atomic mass is 10.1. The van der Waals surface area contributed by atoms with Gasteiger partial charge in [0.1, 0.15) is 11.3 Å². The second-order valence-corrected chi connectivity index (χ2v) is 6.09. The molecule has 108 valence electrons. The third-order valence-corrected chi connectivity index (χ3v) is 2.95. The average Bonchev–Trinajstić information content (AvgIpc) is 2.76.